The van der Waals surface area contributed by atoms with Gasteiger partial charge in [-0.3, -0.25) is 9.78 Å². The number of ether oxygens (including phenoxy) is 2. The first kappa shape index (κ1) is 12.2. The van der Waals surface area contributed by atoms with Crippen LogP contribution in [0.5, 0.6) is 11.5 Å². The van der Waals surface area contributed by atoms with E-state index in [1.54, 1.807) is 30.5 Å². The lowest BCUT2D eigenvalue weighted by Gasteiger charge is -1.99. The number of hydrogen-bond donors (Lipinski definition) is 1. The molecule has 100 valence electrons. The molecule has 2 heterocycles. The van der Waals surface area contributed by atoms with Crippen LogP contribution in [0, 0.1) is 0 Å². The van der Waals surface area contributed by atoms with Crippen LogP contribution in [0.25, 0.3) is 0 Å². The lowest BCUT2D eigenvalue weighted by molar-refractivity contribution is 0.0955. The van der Waals surface area contributed by atoms with E-state index in [1.807, 2.05) is 6.07 Å². The predicted octanol–water partition coefficient (Wildman–Crippen LogP) is 1.57. The second-order valence-electron chi connectivity index (χ2n) is 4.05. The molecule has 0 bridgehead atoms. The second kappa shape index (κ2) is 5.40. The Balaban J connectivity index is 1.65. The summed E-state index contributed by atoms with van der Waals surface area (Å²) >= 11 is 0. The standard InChI is InChI=1S/C14H11N3O3/c18-14(11-2-1-5-15-8-11)17-16-7-10-3-4-12-13(6-10)20-9-19-12/h1-8H,9H2,(H,17,18). The highest BCUT2D eigenvalue weighted by atomic mass is 16.7. The van der Waals surface area contributed by atoms with E-state index in [0.717, 1.165) is 5.56 Å². The summed E-state index contributed by atoms with van der Waals surface area (Å²) in [6.45, 7) is 0.230. The SMILES string of the molecule is O=C(NN=Cc1ccc2c(c1)OCO2)c1cccnc1. The Kier molecular flexibility index (Phi) is 3.28. The number of carbonyl (C=O) groups excluding carboxylic acids is 1. The van der Waals surface area contributed by atoms with E-state index in [0.29, 0.717) is 17.1 Å². The molecular formula is C14H11N3O3. The van der Waals surface area contributed by atoms with Crippen LogP contribution in [0.15, 0.2) is 47.8 Å². The molecule has 6 nitrogen and oxygen atoms in total. The van der Waals surface area contributed by atoms with Crippen LogP contribution in [0.2, 0.25) is 0 Å². The van der Waals surface area contributed by atoms with E-state index in [4.69, 9.17) is 9.47 Å². The predicted molar refractivity (Wildman–Crippen MR) is 71.9 cm³/mol. The van der Waals surface area contributed by atoms with E-state index in [1.165, 1.54) is 12.4 Å². The number of nitrogens with one attached hydrogen (secondary N) is 1. The fourth-order valence-corrected chi connectivity index (χ4v) is 1.72. The number of hydrazone groups is 1. The van der Waals surface area contributed by atoms with Gasteiger partial charge in [0.05, 0.1) is 11.8 Å². The number of pyridine rings is 1. The summed E-state index contributed by atoms with van der Waals surface area (Å²) in [5.74, 6) is 1.07. The van der Waals surface area contributed by atoms with E-state index in [9.17, 15) is 4.79 Å². The van der Waals surface area contributed by atoms with Crippen LogP contribution < -0.4 is 14.9 Å². The molecule has 1 aliphatic heterocycles. The minimum atomic E-state index is -0.310. The molecule has 3 rings (SSSR count). The fourth-order valence-electron chi connectivity index (χ4n) is 1.72. The number of fused-ring (bicyclic) bond motifs is 1. The number of rotatable bonds is 3. The second-order valence-corrected chi connectivity index (χ2v) is 4.05. The van der Waals surface area contributed by atoms with Crippen LogP contribution in [0.3, 0.4) is 0 Å². The van der Waals surface area contributed by atoms with Gasteiger partial charge in [0.2, 0.25) is 6.79 Å². The molecule has 6 heteroatoms. The average molecular weight is 269 g/mol. The van der Waals surface area contributed by atoms with E-state index in [-0.39, 0.29) is 12.7 Å². The molecule has 0 spiro atoms. The van der Waals surface area contributed by atoms with Gasteiger partial charge in [-0.2, -0.15) is 5.10 Å². The molecule has 1 N–H and O–H groups in total. The Morgan fingerprint density at radius 1 is 1.30 bits per heavy atom. The number of benzene rings is 1. The quantitative estimate of drug-likeness (QED) is 0.678. The van der Waals surface area contributed by atoms with Crippen molar-refractivity contribution >= 4 is 12.1 Å². The largest absolute Gasteiger partial charge is 0.454 e. The average Bonchev–Trinajstić information content (AvgIpc) is 2.95. The summed E-state index contributed by atoms with van der Waals surface area (Å²) in [7, 11) is 0. The lowest BCUT2D eigenvalue weighted by atomic mass is 10.2. The molecule has 1 aromatic carbocycles. The van der Waals surface area contributed by atoms with Gasteiger partial charge in [-0.1, -0.05) is 0 Å². The maximum atomic E-state index is 11.7. The van der Waals surface area contributed by atoms with Crippen LogP contribution in [0.1, 0.15) is 15.9 Å². The highest BCUT2D eigenvalue weighted by Crippen LogP contribution is 2.31. The molecule has 0 aliphatic carbocycles. The summed E-state index contributed by atoms with van der Waals surface area (Å²) in [5.41, 5.74) is 3.69. The van der Waals surface area contributed by atoms with Crippen molar-refractivity contribution in [2.24, 2.45) is 5.10 Å². The molecule has 1 aromatic heterocycles. The summed E-state index contributed by atoms with van der Waals surface area (Å²) in [4.78, 5) is 15.6. The van der Waals surface area contributed by atoms with Crippen molar-refractivity contribution in [2.75, 3.05) is 6.79 Å². The minimum absolute atomic E-state index is 0.230. The Hall–Kier alpha value is -2.89. The Morgan fingerprint density at radius 3 is 3.05 bits per heavy atom. The third-order valence-corrected chi connectivity index (χ3v) is 2.70. The zero-order valence-electron chi connectivity index (χ0n) is 10.4. The molecular weight excluding hydrogens is 258 g/mol. The molecule has 1 aliphatic rings. The zero-order valence-corrected chi connectivity index (χ0v) is 10.4. The Labute approximate surface area is 115 Å². The number of nitrogens with zero attached hydrogens (tertiary/aromatic N) is 2. The summed E-state index contributed by atoms with van der Waals surface area (Å²) in [6, 6.07) is 8.77. The lowest BCUT2D eigenvalue weighted by Crippen LogP contribution is -2.17. The van der Waals surface area contributed by atoms with Crippen LogP contribution in [-0.2, 0) is 0 Å². The Morgan fingerprint density at radius 2 is 2.20 bits per heavy atom. The maximum Gasteiger partial charge on any atom is 0.272 e. The van der Waals surface area contributed by atoms with Gasteiger partial charge < -0.3 is 9.47 Å². The van der Waals surface area contributed by atoms with Gasteiger partial charge in [-0.15, -0.1) is 0 Å². The zero-order chi connectivity index (χ0) is 13.8. The maximum absolute atomic E-state index is 11.7. The van der Waals surface area contributed by atoms with Gasteiger partial charge in [0, 0.05) is 12.4 Å². The first-order valence-electron chi connectivity index (χ1n) is 5.96. The topological polar surface area (TPSA) is 72.8 Å². The molecule has 0 fully saturated rings. The number of amides is 1. The number of carbonyl (C=O) groups is 1. The van der Waals surface area contributed by atoms with E-state index in [2.05, 4.69) is 15.5 Å². The van der Waals surface area contributed by atoms with Crippen molar-refractivity contribution in [3.8, 4) is 11.5 Å². The molecule has 0 atom stereocenters. The molecule has 2 aromatic rings. The van der Waals surface area contributed by atoms with Crippen molar-refractivity contribution in [3.05, 3.63) is 53.9 Å². The summed E-state index contributed by atoms with van der Waals surface area (Å²) in [6.07, 6.45) is 4.62. The van der Waals surface area contributed by atoms with Gasteiger partial charge in [0.25, 0.3) is 5.91 Å². The normalized spacial score (nSPS) is 12.6. The molecule has 0 radical (unpaired) electrons. The molecule has 0 unspecified atom stereocenters. The minimum Gasteiger partial charge on any atom is -0.454 e. The fraction of sp³-hybridized carbons (Fsp3) is 0.0714. The molecule has 0 saturated heterocycles. The first-order chi connectivity index (χ1) is 9.83. The van der Waals surface area contributed by atoms with Gasteiger partial charge in [-0.25, -0.2) is 5.43 Å². The highest BCUT2D eigenvalue weighted by Gasteiger charge is 2.12. The smallest absolute Gasteiger partial charge is 0.272 e. The summed E-state index contributed by atoms with van der Waals surface area (Å²) < 4.78 is 10.5. The van der Waals surface area contributed by atoms with E-state index < -0.39 is 0 Å². The molecule has 0 saturated carbocycles. The highest BCUT2D eigenvalue weighted by molar-refractivity contribution is 5.94. The van der Waals surface area contributed by atoms with Gasteiger partial charge >= 0.3 is 0 Å². The first-order valence-corrected chi connectivity index (χ1v) is 5.96. The van der Waals surface area contributed by atoms with Crippen molar-refractivity contribution in [2.45, 2.75) is 0 Å². The Bertz CT molecular complexity index is 656. The van der Waals surface area contributed by atoms with Crippen LogP contribution in [-0.4, -0.2) is 23.9 Å². The van der Waals surface area contributed by atoms with Crippen LogP contribution >= 0.6 is 0 Å². The molecule has 20 heavy (non-hydrogen) atoms. The third-order valence-electron chi connectivity index (χ3n) is 2.70. The summed E-state index contributed by atoms with van der Waals surface area (Å²) in [5, 5.41) is 3.89. The van der Waals surface area contributed by atoms with Crippen molar-refractivity contribution in [3.63, 3.8) is 0 Å². The van der Waals surface area contributed by atoms with Gasteiger partial charge in [0.15, 0.2) is 11.5 Å². The van der Waals surface area contributed by atoms with Crippen molar-refractivity contribution in [1.82, 2.24) is 10.4 Å². The van der Waals surface area contributed by atoms with Crippen LogP contribution in [0.4, 0.5) is 0 Å². The third kappa shape index (κ3) is 2.59. The van der Waals surface area contributed by atoms with E-state index >= 15 is 0 Å². The van der Waals surface area contributed by atoms with Gasteiger partial charge in [0.1, 0.15) is 0 Å². The number of aromatic nitrogens is 1. The number of hydrogen-bond acceptors (Lipinski definition) is 5. The monoisotopic (exact) mass is 269 g/mol. The van der Waals surface area contributed by atoms with Crippen molar-refractivity contribution in [1.29, 1.82) is 0 Å². The molecule has 1 amide bonds. The van der Waals surface area contributed by atoms with Gasteiger partial charge in [-0.05, 0) is 35.9 Å². The van der Waals surface area contributed by atoms with Crippen molar-refractivity contribution < 1.29 is 14.3 Å².